The highest BCUT2D eigenvalue weighted by molar-refractivity contribution is 7.99. The van der Waals surface area contributed by atoms with Crippen LogP contribution in [0.5, 0.6) is 0 Å². The zero-order chi connectivity index (χ0) is 12.8. The van der Waals surface area contributed by atoms with Gasteiger partial charge in [0.2, 0.25) is 0 Å². The Hall–Kier alpha value is -0.510. The van der Waals surface area contributed by atoms with Crippen LogP contribution in [0.2, 0.25) is 0 Å². The molecule has 1 rings (SSSR count). The molecular formula is C14H23NOS. The van der Waals surface area contributed by atoms with Gasteiger partial charge in [0.1, 0.15) is 0 Å². The molecule has 3 N–H and O–H groups in total. The van der Waals surface area contributed by atoms with Crippen LogP contribution in [-0.4, -0.2) is 22.7 Å². The molecule has 0 aliphatic heterocycles. The molecular weight excluding hydrogens is 230 g/mol. The Morgan fingerprint density at radius 1 is 1.24 bits per heavy atom. The van der Waals surface area contributed by atoms with Crippen LogP contribution in [-0.2, 0) is 0 Å². The molecule has 1 aromatic carbocycles. The highest BCUT2D eigenvalue weighted by Gasteiger charge is 2.10. The fourth-order valence-electron chi connectivity index (χ4n) is 1.85. The van der Waals surface area contributed by atoms with Crippen molar-refractivity contribution in [3.63, 3.8) is 0 Å². The molecule has 0 aromatic heterocycles. The number of aryl methyl sites for hydroxylation is 2. The van der Waals surface area contributed by atoms with E-state index in [1.807, 2.05) is 11.8 Å². The van der Waals surface area contributed by atoms with Crippen LogP contribution >= 0.6 is 11.8 Å². The third-order valence-electron chi connectivity index (χ3n) is 2.77. The summed E-state index contributed by atoms with van der Waals surface area (Å²) in [4.78, 5) is 0. The molecule has 0 heterocycles. The van der Waals surface area contributed by atoms with Crippen molar-refractivity contribution >= 4 is 11.8 Å². The van der Waals surface area contributed by atoms with E-state index in [1.165, 1.54) is 16.7 Å². The lowest BCUT2D eigenvalue weighted by Crippen LogP contribution is -2.15. The van der Waals surface area contributed by atoms with Gasteiger partial charge in [-0.25, -0.2) is 0 Å². The molecule has 0 aliphatic carbocycles. The van der Waals surface area contributed by atoms with E-state index in [9.17, 15) is 0 Å². The van der Waals surface area contributed by atoms with Crippen LogP contribution < -0.4 is 5.73 Å². The van der Waals surface area contributed by atoms with Crippen molar-refractivity contribution in [2.75, 3.05) is 12.4 Å². The molecule has 2 unspecified atom stereocenters. The molecule has 0 fully saturated rings. The highest BCUT2D eigenvalue weighted by Crippen LogP contribution is 2.22. The summed E-state index contributed by atoms with van der Waals surface area (Å²) in [6.45, 7) is 6.59. The molecule has 0 saturated heterocycles. The molecule has 0 bridgehead atoms. The minimum atomic E-state index is 0.0831. The second-order valence-electron chi connectivity index (χ2n) is 4.68. The maximum atomic E-state index is 8.85. The first-order chi connectivity index (χ1) is 8.02. The topological polar surface area (TPSA) is 46.2 Å². The normalized spacial score (nSPS) is 14.6. The zero-order valence-electron chi connectivity index (χ0n) is 10.9. The minimum Gasteiger partial charge on any atom is -0.396 e. The van der Waals surface area contributed by atoms with E-state index in [0.29, 0.717) is 5.25 Å². The summed E-state index contributed by atoms with van der Waals surface area (Å²) in [5.74, 6) is 0.907. The van der Waals surface area contributed by atoms with Crippen LogP contribution in [0.1, 0.15) is 36.1 Å². The minimum absolute atomic E-state index is 0.0831. The van der Waals surface area contributed by atoms with Gasteiger partial charge in [-0.2, -0.15) is 11.8 Å². The van der Waals surface area contributed by atoms with E-state index in [2.05, 4.69) is 39.0 Å². The average molecular weight is 253 g/mol. The fraction of sp³-hybridized carbons (Fsp3) is 0.571. The number of nitrogens with two attached hydrogens (primary N) is 1. The summed E-state index contributed by atoms with van der Waals surface area (Å²) in [7, 11) is 0. The standard InChI is InChI=1S/C14H23NOS/c1-10-6-11(2)8-13(7-10)14(15)9-17-12(3)4-5-16/h6-8,12,14,16H,4-5,9,15H2,1-3H3. The predicted octanol–water partition coefficient (Wildman–Crippen LogP) is 2.81. The van der Waals surface area contributed by atoms with E-state index in [1.54, 1.807) is 0 Å². The van der Waals surface area contributed by atoms with Crippen LogP contribution in [0.15, 0.2) is 18.2 Å². The van der Waals surface area contributed by atoms with Crippen molar-refractivity contribution in [1.29, 1.82) is 0 Å². The SMILES string of the molecule is Cc1cc(C)cc(C(N)CSC(C)CCO)c1. The van der Waals surface area contributed by atoms with E-state index < -0.39 is 0 Å². The Labute approximate surface area is 109 Å². The van der Waals surface area contributed by atoms with Gasteiger partial charge in [0.05, 0.1) is 0 Å². The van der Waals surface area contributed by atoms with Gasteiger partial charge in [0, 0.05) is 23.7 Å². The lowest BCUT2D eigenvalue weighted by Gasteiger charge is -2.16. The number of thioether (sulfide) groups is 1. The van der Waals surface area contributed by atoms with Gasteiger partial charge in [-0.15, -0.1) is 0 Å². The first-order valence-electron chi connectivity index (χ1n) is 6.09. The van der Waals surface area contributed by atoms with Gasteiger partial charge in [-0.1, -0.05) is 36.2 Å². The summed E-state index contributed by atoms with van der Waals surface area (Å²) in [6.07, 6.45) is 0.838. The predicted molar refractivity (Wildman–Crippen MR) is 76.5 cm³/mol. The van der Waals surface area contributed by atoms with Crippen molar-refractivity contribution in [3.05, 3.63) is 34.9 Å². The molecule has 17 heavy (non-hydrogen) atoms. The van der Waals surface area contributed by atoms with E-state index >= 15 is 0 Å². The molecule has 0 saturated carbocycles. The molecule has 0 spiro atoms. The van der Waals surface area contributed by atoms with Gasteiger partial charge in [-0.05, 0) is 25.8 Å². The number of aliphatic hydroxyl groups is 1. The summed E-state index contributed by atoms with van der Waals surface area (Å²) in [5, 5.41) is 9.32. The maximum Gasteiger partial charge on any atom is 0.0441 e. The summed E-state index contributed by atoms with van der Waals surface area (Å²) in [6, 6.07) is 6.57. The van der Waals surface area contributed by atoms with Gasteiger partial charge in [0.15, 0.2) is 0 Å². The van der Waals surface area contributed by atoms with Crippen LogP contribution in [0.4, 0.5) is 0 Å². The molecule has 3 heteroatoms. The van der Waals surface area contributed by atoms with Gasteiger partial charge in [-0.3, -0.25) is 0 Å². The Balaban J connectivity index is 2.54. The first kappa shape index (κ1) is 14.6. The molecule has 2 nitrogen and oxygen atoms in total. The van der Waals surface area contributed by atoms with E-state index in [0.717, 1.165) is 12.2 Å². The summed E-state index contributed by atoms with van der Waals surface area (Å²) >= 11 is 1.83. The lowest BCUT2D eigenvalue weighted by molar-refractivity contribution is 0.289. The summed E-state index contributed by atoms with van der Waals surface area (Å²) < 4.78 is 0. The maximum absolute atomic E-state index is 8.85. The smallest absolute Gasteiger partial charge is 0.0441 e. The second-order valence-corrected chi connectivity index (χ2v) is 6.16. The number of hydrogen-bond donors (Lipinski definition) is 2. The molecule has 2 atom stereocenters. The number of hydrogen-bond acceptors (Lipinski definition) is 3. The Bertz CT molecular complexity index is 334. The Kier molecular flexibility index (Phi) is 6.03. The third-order valence-corrected chi connectivity index (χ3v) is 4.12. The van der Waals surface area contributed by atoms with Crippen LogP contribution in [0, 0.1) is 13.8 Å². The van der Waals surface area contributed by atoms with Gasteiger partial charge < -0.3 is 10.8 Å². The molecule has 96 valence electrons. The lowest BCUT2D eigenvalue weighted by atomic mass is 10.0. The van der Waals surface area contributed by atoms with Gasteiger partial charge in [0.25, 0.3) is 0 Å². The third kappa shape index (κ3) is 5.11. The van der Waals surface area contributed by atoms with E-state index in [4.69, 9.17) is 10.8 Å². The van der Waals surface area contributed by atoms with E-state index in [-0.39, 0.29) is 12.6 Å². The largest absolute Gasteiger partial charge is 0.396 e. The van der Waals surface area contributed by atoms with Gasteiger partial charge >= 0.3 is 0 Å². The van der Waals surface area contributed by atoms with Crippen molar-refractivity contribution in [2.24, 2.45) is 5.73 Å². The quantitative estimate of drug-likeness (QED) is 0.819. The number of aliphatic hydroxyl groups excluding tert-OH is 1. The monoisotopic (exact) mass is 253 g/mol. The Morgan fingerprint density at radius 3 is 2.35 bits per heavy atom. The first-order valence-corrected chi connectivity index (χ1v) is 7.14. The highest BCUT2D eigenvalue weighted by atomic mass is 32.2. The molecule has 0 aliphatic rings. The fourth-order valence-corrected chi connectivity index (χ4v) is 2.85. The van der Waals surface area contributed by atoms with Crippen LogP contribution in [0.25, 0.3) is 0 Å². The number of benzene rings is 1. The number of rotatable bonds is 6. The second kappa shape index (κ2) is 7.04. The molecule has 0 radical (unpaired) electrons. The Morgan fingerprint density at radius 2 is 1.82 bits per heavy atom. The average Bonchev–Trinajstić information content (AvgIpc) is 2.25. The van der Waals surface area contributed by atoms with Crippen molar-refractivity contribution in [3.8, 4) is 0 Å². The van der Waals surface area contributed by atoms with Crippen LogP contribution in [0.3, 0.4) is 0 Å². The molecule has 1 aromatic rings. The zero-order valence-corrected chi connectivity index (χ0v) is 11.8. The van der Waals surface area contributed by atoms with Crippen molar-refractivity contribution in [1.82, 2.24) is 0 Å². The van der Waals surface area contributed by atoms with Crippen molar-refractivity contribution in [2.45, 2.75) is 38.5 Å². The molecule has 0 amide bonds. The van der Waals surface area contributed by atoms with Crippen molar-refractivity contribution < 1.29 is 5.11 Å². The summed E-state index contributed by atoms with van der Waals surface area (Å²) in [5.41, 5.74) is 9.94.